The van der Waals surface area contributed by atoms with Crippen molar-refractivity contribution in [1.29, 1.82) is 0 Å². The zero-order valence-corrected chi connectivity index (χ0v) is 12.4. The Hall–Kier alpha value is -0.350. The van der Waals surface area contributed by atoms with E-state index in [9.17, 15) is 0 Å². The van der Waals surface area contributed by atoms with Gasteiger partial charge in [-0.25, -0.2) is 0 Å². The third kappa shape index (κ3) is 4.11. The topological polar surface area (TPSA) is 12.0 Å². The average Bonchev–Trinajstić information content (AvgIpc) is 2.82. The molecule has 0 aliphatic heterocycles. The van der Waals surface area contributed by atoms with Crippen LogP contribution in [0.5, 0.6) is 0 Å². The molecule has 1 aromatic carbocycles. The molecule has 1 nitrogen and oxygen atoms in total. The minimum absolute atomic E-state index is 0.757. The van der Waals surface area contributed by atoms with E-state index in [1.165, 1.54) is 11.1 Å². The maximum Gasteiger partial charge on any atom is 0.0548 e. The van der Waals surface area contributed by atoms with E-state index in [-0.39, 0.29) is 0 Å². The van der Waals surface area contributed by atoms with Crippen LogP contribution in [0.2, 0.25) is 5.02 Å². The zero-order valence-electron chi connectivity index (χ0n) is 9.25. The molecular formula is C13H13BrClNS. The van der Waals surface area contributed by atoms with Gasteiger partial charge in [0.15, 0.2) is 0 Å². The van der Waals surface area contributed by atoms with Crippen molar-refractivity contribution in [3.63, 3.8) is 0 Å². The van der Waals surface area contributed by atoms with Gasteiger partial charge in [0.2, 0.25) is 0 Å². The number of thiophene rings is 1. The summed E-state index contributed by atoms with van der Waals surface area (Å²) in [5.41, 5.74) is 2.64. The standard InChI is InChI=1S/C13H13BrClNS/c14-12-7-11(1-2-13(12)15)8-16-5-3-10-4-6-17-9-10/h1-2,4,6-7,9,16H,3,5,8H2. The van der Waals surface area contributed by atoms with Gasteiger partial charge < -0.3 is 5.32 Å². The molecule has 4 heteroatoms. The Morgan fingerprint density at radius 3 is 2.82 bits per heavy atom. The normalized spacial score (nSPS) is 10.7. The second-order valence-electron chi connectivity index (χ2n) is 3.81. The Labute approximate surface area is 119 Å². The average molecular weight is 331 g/mol. The van der Waals surface area contributed by atoms with E-state index in [0.717, 1.165) is 29.0 Å². The van der Waals surface area contributed by atoms with E-state index >= 15 is 0 Å². The first-order valence-corrected chi connectivity index (χ1v) is 7.53. The van der Waals surface area contributed by atoms with Crippen molar-refractivity contribution < 1.29 is 0 Å². The van der Waals surface area contributed by atoms with Gasteiger partial charge in [0, 0.05) is 11.0 Å². The van der Waals surface area contributed by atoms with E-state index in [0.29, 0.717) is 0 Å². The fourth-order valence-electron chi connectivity index (χ4n) is 1.55. The quantitative estimate of drug-likeness (QED) is 0.796. The molecule has 0 saturated heterocycles. The highest BCUT2D eigenvalue weighted by Gasteiger charge is 1.99. The van der Waals surface area contributed by atoms with Crippen LogP contribution in [0, 0.1) is 0 Å². The molecule has 2 rings (SSSR count). The lowest BCUT2D eigenvalue weighted by Gasteiger charge is -2.05. The Morgan fingerprint density at radius 2 is 2.12 bits per heavy atom. The Kier molecular flexibility index (Phi) is 5.04. The third-order valence-corrected chi connectivity index (χ3v) is 4.43. The molecule has 1 aromatic heterocycles. The van der Waals surface area contributed by atoms with E-state index in [2.05, 4.69) is 44.1 Å². The fraction of sp³-hybridized carbons (Fsp3) is 0.231. The summed E-state index contributed by atoms with van der Waals surface area (Å²) in [6, 6.07) is 8.19. The van der Waals surface area contributed by atoms with Crippen LogP contribution >= 0.6 is 38.9 Å². The van der Waals surface area contributed by atoms with E-state index in [1.807, 2.05) is 12.1 Å². The highest BCUT2D eigenvalue weighted by atomic mass is 79.9. The first kappa shape index (κ1) is 13.1. The van der Waals surface area contributed by atoms with E-state index in [1.54, 1.807) is 11.3 Å². The van der Waals surface area contributed by atoms with Gasteiger partial charge in [-0.15, -0.1) is 0 Å². The molecule has 2 aromatic rings. The second-order valence-corrected chi connectivity index (χ2v) is 5.85. The van der Waals surface area contributed by atoms with E-state index in [4.69, 9.17) is 11.6 Å². The number of rotatable bonds is 5. The first-order chi connectivity index (χ1) is 8.25. The molecule has 0 bridgehead atoms. The van der Waals surface area contributed by atoms with Crippen molar-refractivity contribution in [2.45, 2.75) is 13.0 Å². The van der Waals surface area contributed by atoms with Gasteiger partial charge in [-0.05, 0) is 69.0 Å². The zero-order chi connectivity index (χ0) is 12.1. The lowest BCUT2D eigenvalue weighted by atomic mass is 10.2. The van der Waals surface area contributed by atoms with Crippen LogP contribution in [0.25, 0.3) is 0 Å². The molecule has 0 aliphatic carbocycles. The van der Waals surface area contributed by atoms with Crippen LogP contribution in [0.4, 0.5) is 0 Å². The number of hydrogen-bond donors (Lipinski definition) is 1. The van der Waals surface area contributed by atoms with Crippen molar-refractivity contribution in [3.8, 4) is 0 Å². The molecule has 0 unspecified atom stereocenters. The molecule has 90 valence electrons. The van der Waals surface area contributed by atoms with Gasteiger partial charge in [0.1, 0.15) is 0 Å². The minimum atomic E-state index is 0.757. The van der Waals surface area contributed by atoms with Crippen LogP contribution in [0.15, 0.2) is 39.5 Å². The highest BCUT2D eigenvalue weighted by molar-refractivity contribution is 9.10. The lowest BCUT2D eigenvalue weighted by molar-refractivity contribution is 0.687. The molecule has 17 heavy (non-hydrogen) atoms. The molecular weight excluding hydrogens is 318 g/mol. The molecule has 0 atom stereocenters. The van der Waals surface area contributed by atoms with Crippen molar-refractivity contribution in [1.82, 2.24) is 5.32 Å². The van der Waals surface area contributed by atoms with Gasteiger partial charge in [0.25, 0.3) is 0 Å². The summed E-state index contributed by atoms with van der Waals surface area (Å²) in [5.74, 6) is 0. The van der Waals surface area contributed by atoms with Crippen LogP contribution < -0.4 is 5.32 Å². The minimum Gasteiger partial charge on any atom is -0.312 e. The summed E-state index contributed by atoms with van der Waals surface area (Å²) >= 11 is 11.1. The van der Waals surface area contributed by atoms with Crippen LogP contribution in [0.3, 0.4) is 0 Å². The number of hydrogen-bond acceptors (Lipinski definition) is 2. The summed E-state index contributed by atoms with van der Waals surface area (Å²) in [7, 11) is 0. The summed E-state index contributed by atoms with van der Waals surface area (Å²) in [4.78, 5) is 0. The summed E-state index contributed by atoms with van der Waals surface area (Å²) in [5, 5.41) is 8.50. The summed E-state index contributed by atoms with van der Waals surface area (Å²) < 4.78 is 0.955. The van der Waals surface area contributed by atoms with Gasteiger partial charge in [-0.3, -0.25) is 0 Å². The molecule has 1 heterocycles. The Balaban J connectivity index is 1.76. The fourth-order valence-corrected chi connectivity index (χ4v) is 2.80. The Morgan fingerprint density at radius 1 is 1.24 bits per heavy atom. The molecule has 1 N–H and O–H groups in total. The number of nitrogens with one attached hydrogen (secondary N) is 1. The van der Waals surface area contributed by atoms with Crippen LogP contribution in [0.1, 0.15) is 11.1 Å². The summed E-state index contributed by atoms with van der Waals surface area (Å²) in [6.07, 6.45) is 1.08. The van der Waals surface area contributed by atoms with E-state index < -0.39 is 0 Å². The summed E-state index contributed by atoms with van der Waals surface area (Å²) in [6.45, 7) is 1.87. The number of halogens is 2. The van der Waals surface area contributed by atoms with Crippen LogP contribution in [-0.2, 0) is 13.0 Å². The molecule has 0 radical (unpaired) electrons. The second kappa shape index (κ2) is 6.55. The molecule has 0 fully saturated rings. The first-order valence-electron chi connectivity index (χ1n) is 5.41. The molecule has 0 saturated carbocycles. The van der Waals surface area contributed by atoms with Gasteiger partial charge in [-0.2, -0.15) is 11.3 Å². The van der Waals surface area contributed by atoms with Gasteiger partial charge in [0.05, 0.1) is 5.02 Å². The van der Waals surface area contributed by atoms with Gasteiger partial charge in [-0.1, -0.05) is 17.7 Å². The maximum absolute atomic E-state index is 5.94. The van der Waals surface area contributed by atoms with Crippen LogP contribution in [-0.4, -0.2) is 6.54 Å². The predicted molar refractivity (Wildman–Crippen MR) is 78.9 cm³/mol. The van der Waals surface area contributed by atoms with Crippen molar-refractivity contribution in [3.05, 3.63) is 55.6 Å². The van der Waals surface area contributed by atoms with Crippen molar-refractivity contribution in [2.24, 2.45) is 0 Å². The number of benzene rings is 1. The third-order valence-electron chi connectivity index (χ3n) is 2.48. The maximum atomic E-state index is 5.94. The monoisotopic (exact) mass is 329 g/mol. The SMILES string of the molecule is Clc1ccc(CNCCc2ccsc2)cc1Br. The Bertz CT molecular complexity index is 470. The molecule has 0 aliphatic rings. The predicted octanol–water partition coefficient (Wildman–Crippen LogP) is 4.50. The smallest absolute Gasteiger partial charge is 0.0548 e. The van der Waals surface area contributed by atoms with Gasteiger partial charge >= 0.3 is 0 Å². The largest absolute Gasteiger partial charge is 0.312 e. The highest BCUT2D eigenvalue weighted by Crippen LogP contribution is 2.23. The molecule has 0 spiro atoms. The molecule has 0 amide bonds. The van der Waals surface area contributed by atoms with Crippen molar-refractivity contribution >= 4 is 38.9 Å². The lowest BCUT2D eigenvalue weighted by Crippen LogP contribution is -2.16. The van der Waals surface area contributed by atoms with Crippen molar-refractivity contribution in [2.75, 3.05) is 6.54 Å².